The number of fused-ring (bicyclic) bond motifs is 6. The van der Waals surface area contributed by atoms with Gasteiger partial charge in [0.25, 0.3) is 0 Å². The molecule has 0 aromatic heterocycles. The first-order valence-corrected chi connectivity index (χ1v) is 13.6. The summed E-state index contributed by atoms with van der Waals surface area (Å²) in [5.74, 6) is 0.995. The Labute approximate surface area is 217 Å². The molecule has 0 nitrogen and oxygen atoms in total. The van der Waals surface area contributed by atoms with E-state index < -0.39 is 0 Å². The van der Waals surface area contributed by atoms with E-state index in [1.807, 2.05) is 0 Å². The molecule has 36 heavy (non-hydrogen) atoms. The summed E-state index contributed by atoms with van der Waals surface area (Å²) < 4.78 is 0. The SMILES string of the molecule is CCC(C)C(c1ccc(C)cc1)c1ccc2c(c1)C(C)(C)c1cc3c(cc1-2)C(C)(C)c1ccccc1-3. The molecule has 4 aromatic carbocycles. The van der Waals surface area contributed by atoms with Crippen molar-refractivity contribution >= 4 is 0 Å². The molecule has 0 saturated heterocycles. The zero-order valence-electron chi connectivity index (χ0n) is 22.9. The second-order valence-corrected chi connectivity index (χ2v) is 12.3. The zero-order chi connectivity index (χ0) is 25.4. The van der Waals surface area contributed by atoms with Crippen LogP contribution in [0.25, 0.3) is 22.3 Å². The molecule has 0 saturated carbocycles. The van der Waals surface area contributed by atoms with Crippen molar-refractivity contribution in [1.82, 2.24) is 0 Å². The van der Waals surface area contributed by atoms with E-state index in [4.69, 9.17) is 0 Å². The summed E-state index contributed by atoms with van der Waals surface area (Å²) in [5, 5.41) is 0. The van der Waals surface area contributed by atoms with Gasteiger partial charge in [-0.2, -0.15) is 0 Å². The molecule has 182 valence electrons. The normalized spacial score (nSPS) is 17.6. The predicted octanol–water partition coefficient (Wildman–Crippen LogP) is 9.79. The minimum atomic E-state index is -0.0232. The standard InChI is InChI=1S/C36H38/c1-8-23(3)34(24-15-13-22(2)14-16-24)25-17-18-27-29-21-32-28(20-33(29)36(6,7)31(27)19-25)26-11-9-10-12-30(26)35(32,4)5/h9-21,23,34H,8H2,1-7H3. The van der Waals surface area contributed by atoms with Crippen LogP contribution in [0.3, 0.4) is 0 Å². The van der Waals surface area contributed by atoms with Gasteiger partial charge in [0.05, 0.1) is 0 Å². The largest absolute Gasteiger partial charge is 0.0651 e. The van der Waals surface area contributed by atoms with Gasteiger partial charge in [0.15, 0.2) is 0 Å². The Morgan fingerprint density at radius 1 is 0.583 bits per heavy atom. The zero-order valence-corrected chi connectivity index (χ0v) is 22.9. The molecular formula is C36H38. The molecule has 0 N–H and O–H groups in total. The van der Waals surface area contributed by atoms with Crippen molar-refractivity contribution in [3.05, 3.63) is 118 Å². The van der Waals surface area contributed by atoms with Crippen LogP contribution in [-0.4, -0.2) is 0 Å². The monoisotopic (exact) mass is 470 g/mol. The molecule has 2 atom stereocenters. The minimum Gasteiger partial charge on any atom is -0.0651 e. The van der Waals surface area contributed by atoms with E-state index in [1.54, 1.807) is 0 Å². The van der Waals surface area contributed by atoms with Crippen LogP contribution < -0.4 is 0 Å². The number of aryl methyl sites for hydroxylation is 1. The van der Waals surface area contributed by atoms with Gasteiger partial charge in [-0.3, -0.25) is 0 Å². The Balaban J connectivity index is 1.51. The van der Waals surface area contributed by atoms with Crippen molar-refractivity contribution in [3.8, 4) is 22.3 Å². The average molecular weight is 471 g/mol. The Kier molecular flexibility index (Phi) is 5.14. The first-order chi connectivity index (χ1) is 17.1. The van der Waals surface area contributed by atoms with Crippen molar-refractivity contribution in [2.75, 3.05) is 0 Å². The summed E-state index contributed by atoms with van der Waals surface area (Å²) in [6.45, 7) is 16.5. The van der Waals surface area contributed by atoms with Crippen molar-refractivity contribution in [3.63, 3.8) is 0 Å². The maximum absolute atomic E-state index is 2.54. The van der Waals surface area contributed by atoms with E-state index in [2.05, 4.69) is 127 Å². The quantitative estimate of drug-likeness (QED) is 0.278. The van der Waals surface area contributed by atoms with Crippen molar-refractivity contribution in [1.29, 1.82) is 0 Å². The third kappa shape index (κ3) is 3.20. The van der Waals surface area contributed by atoms with Crippen molar-refractivity contribution in [2.24, 2.45) is 5.92 Å². The van der Waals surface area contributed by atoms with E-state index in [9.17, 15) is 0 Å². The summed E-state index contributed by atoms with van der Waals surface area (Å²) in [7, 11) is 0. The van der Waals surface area contributed by atoms with Crippen LogP contribution in [0.4, 0.5) is 0 Å². The molecule has 0 bridgehead atoms. The summed E-state index contributed by atoms with van der Waals surface area (Å²) >= 11 is 0. The summed E-state index contributed by atoms with van der Waals surface area (Å²) in [4.78, 5) is 0. The van der Waals surface area contributed by atoms with Crippen molar-refractivity contribution < 1.29 is 0 Å². The molecule has 0 heterocycles. The Morgan fingerprint density at radius 2 is 1.11 bits per heavy atom. The van der Waals surface area contributed by atoms with Crippen LogP contribution in [0.5, 0.6) is 0 Å². The lowest BCUT2D eigenvalue weighted by atomic mass is 9.76. The highest BCUT2D eigenvalue weighted by atomic mass is 14.4. The molecular weight excluding hydrogens is 432 g/mol. The second kappa shape index (κ2) is 7.94. The van der Waals surface area contributed by atoms with Gasteiger partial charge in [0, 0.05) is 16.7 Å². The Morgan fingerprint density at radius 3 is 1.75 bits per heavy atom. The molecule has 4 aromatic rings. The van der Waals surface area contributed by atoms with Gasteiger partial charge in [-0.05, 0) is 80.6 Å². The van der Waals surface area contributed by atoms with Gasteiger partial charge in [-0.25, -0.2) is 0 Å². The van der Waals surface area contributed by atoms with E-state index in [0.29, 0.717) is 11.8 Å². The lowest BCUT2D eigenvalue weighted by Gasteiger charge is -2.27. The highest BCUT2D eigenvalue weighted by molar-refractivity contribution is 5.89. The van der Waals surface area contributed by atoms with Crippen LogP contribution in [0.15, 0.2) is 78.9 Å². The number of rotatable bonds is 4. The molecule has 0 fully saturated rings. The summed E-state index contributed by atoms with van der Waals surface area (Å²) in [6, 6.07) is 30.6. The molecule has 2 aliphatic rings. The summed E-state index contributed by atoms with van der Waals surface area (Å²) in [5.41, 5.74) is 15.7. The molecule has 6 rings (SSSR count). The lowest BCUT2D eigenvalue weighted by Crippen LogP contribution is -2.17. The number of benzene rings is 4. The highest BCUT2D eigenvalue weighted by Gasteiger charge is 2.41. The predicted molar refractivity (Wildman–Crippen MR) is 154 cm³/mol. The Bertz CT molecular complexity index is 1480. The summed E-state index contributed by atoms with van der Waals surface area (Å²) in [6.07, 6.45) is 1.17. The molecule has 0 radical (unpaired) electrons. The van der Waals surface area contributed by atoms with Gasteiger partial charge >= 0.3 is 0 Å². The van der Waals surface area contributed by atoms with Gasteiger partial charge in [-0.15, -0.1) is 0 Å². The molecule has 0 aliphatic heterocycles. The second-order valence-electron chi connectivity index (χ2n) is 12.3. The molecule has 2 aliphatic carbocycles. The smallest absolute Gasteiger partial charge is 0.0159 e. The molecule has 2 unspecified atom stereocenters. The van der Waals surface area contributed by atoms with E-state index >= 15 is 0 Å². The van der Waals surface area contributed by atoms with Gasteiger partial charge in [0.2, 0.25) is 0 Å². The Hall–Kier alpha value is -3.12. The lowest BCUT2D eigenvalue weighted by molar-refractivity contribution is 0.495. The van der Waals surface area contributed by atoms with Gasteiger partial charge < -0.3 is 0 Å². The van der Waals surface area contributed by atoms with E-state index in [1.165, 1.54) is 67.6 Å². The maximum atomic E-state index is 2.54. The number of hydrogen-bond acceptors (Lipinski definition) is 0. The highest BCUT2D eigenvalue weighted by Crippen LogP contribution is 2.56. The minimum absolute atomic E-state index is 0.0232. The first-order valence-electron chi connectivity index (χ1n) is 13.6. The fourth-order valence-corrected chi connectivity index (χ4v) is 7.00. The van der Waals surface area contributed by atoms with Crippen LogP contribution in [-0.2, 0) is 10.8 Å². The molecule has 0 heteroatoms. The topological polar surface area (TPSA) is 0 Å². The third-order valence-electron chi connectivity index (χ3n) is 9.41. The average Bonchev–Trinajstić information content (AvgIpc) is 3.24. The van der Waals surface area contributed by atoms with E-state index in [-0.39, 0.29) is 10.8 Å². The van der Waals surface area contributed by atoms with Crippen LogP contribution in [0.1, 0.15) is 92.8 Å². The van der Waals surface area contributed by atoms with Gasteiger partial charge in [-0.1, -0.05) is 120 Å². The molecule has 0 spiro atoms. The van der Waals surface area contributed by atoms with Crippen LogP contribution >= 0.6 is 0 Å². The third-order valence-corrected chi connectivity index (χ3v) is 9.41. The first kappa shape index (κ1) is 23.3. The van der Waals surface area contributed by atoms with Gasteiger partial charge in [0.1, 0.15) is 0 Å². The molecule has 0 amide bonds. The number of hydrogen-bond donors (Lipinski definition) is 0. The van der Waals surface area contributed by atoms with Crippen molar-refractivity contribution in [2.45, 2.75) is 71.6 Å². The maximum Gasteiger partial charge on any atom is 0.0159 e. The van der Waals surface area contributed by atoms with Crippen LogP contribution in [0, 0.1) is 12.8 Å². The fraction of sp³-hybridized carbons (Fsp3) is 0.333. The van der Waals surface area contributed by atoms with Crippen LogP contribution in [0.2, 0.25) is 0 Å². The fourth-order valence-electron chi connectivity index (χ4n) is 7.00. The van der Waals surface area contributed by atoms with E-state index in [0.717, 1.165) is 0 Å².